The molecule has 68 heavy (non-hydrogen) atoms. The summed E-state index contributed by atoms with van der Waals surface area (Å²) in [7, 11) is -10.0. The minimum atomic E-state index is -5.02. The Morgan fingerprint density at radius 1 is 0.426 bits per heavy atom. The van der Waals surface area contributed by atoms with Gasteiger partial charge < -0.3 is 90.5 Å². The molecule has 10 unspecified atom stereocenters. The van der Waals surface area contributed by atoms with E-state index in [1.165, 1.54) is 20.8 Å². The number of rotatable bonds is 21. The lowest BCUT2D eigenvalue weighted by Gasteiger charge is -2.50. The van der Waals surface area contributed by atoms with E-state index >= 15 is 0 Å². The molecule has 0 amide bonds. The highest BCUT2D eigenvalue weighted by atomic mass is 32.3. The molecule has 5 aliphatic rings. The van der Waals surface area contributed by atoms with E-state index in [4.69, 9.17) is 84.0 Å². The van der Waals surface area contributed by atoms with Gasteiger partial charge in [0.15, 0.2) is 31.3 Å². The van der Waals surface area contributed by atoms with Crippen LogP contribution in [0.15, 0.2) is 0 Å². The zero-order valence-corrected chi connectivity index (χ0v) is 37.2. The number of hydrogen-bond acceptors (Lipinski definition) is 33. The van der Waals surface area contributed by atoms with Crippen LogP contribution in [0.1, 0.15) is 20.8 Å². The van der Waals surface area contributed by atoms with Crippen LogP contribution in [-0.4, -0.2) is 245 Å². The molecule has 17 N–H and O–H groups in total. The Kier molecular flexibility index (Phi) is 20.8. The lowest BCUT2D eigenvalue weighted by atomic mass is 9.93. The van der Waals surface area contributed by atoms with Gasteiger partial charge in [0.05, 0.1) is 49.7 Å². The molecule has 400 valence electrons. The topological polar surface area (TPSA) is 526 Å². The van der Waals surface area contributed by atoms with E-state index in [1.807, 2.05) is 0 Å². The van der Waals surface area contributed by atoms with Crippen molar-refractivity contribution in [3.8, 4) is 0 Å². The third kappa shape index (κ3) is 14.0. The first-order valence-electron chi connectivity index (χ1n) is 20.2. The molecular formula is C31H57N3O32S2. The standard InChI is InChI=1S/C31H57N3O32S2/c1-7-13(32)18(37)24(12(53-7)6-52-68(47,48)49)60-31-27(63-66-43)21(40)23(9(3)55-31)59-29-15(34)26(62-65-42)25(11(57-29)4-50-64-41)61-30-20(39)19(38)22(8(2)54-30)58-28-14(33)17(36)16(35)10(56-28)5-51-67(44,45)46/h7-31,35-43H,4-6,32-34H2,1-3H3,(H,44,45,46)(H,47,48,49)/t7-,8?,9?,10?,11?,12?,13?,14?,15?,16-,17-,18-,19-,20?,21-,22-,23-,24-,25-,26-,27?,28-,29+,30+,31+/m1/s1. The number of aliphatic hydroxyl groups excluding tert-OH is 6. The predicted octanol–water partition coefficient (Wildman–Crippen LogP) is -7.96. The molecule has 0 radical (unpaired) electrons. The summed E-state index contributed by atoms with van der Waals surface area (Å²) in [5.41, 5.74) is 18.4. The largest absolute Gasteiger partial charge is 0.397 e. The van der Waals surface area contributed by atoms with Crippen molar-refractivity contribution in [1.29, 1.82) is 0 Å². The molecule has 0 bridgehead atoms. The van der Waals surface area contributed by atoms with E-state index in [0.717, 1.165) is 0 Å². The van der Waals surface area contributed by atoms with E-state index in [9.17, 15) is 58.0 Å². The normalized spacial score (nSPS) is 46.4. The Morgan fingerprint density at radius 3 is 1.49 bits per heavy atom. The molecular weight excluding hydrogens is 990 g/mol. The highest BCUT2D eigenvalue weighted by molar-refractivity contribution is 7.81. The van der Waals surface area contributed by atoms with Gasteiger partial charge in [0.1, 0.15) is 92.1 Å². The molecule has 0 saturated carbocycles. The Balaban J connectivity index is 1.30. The van der Waals surface area contributed by atoms with Gasteiger partial charge >= 0.3 is 20.8 Å². The second-order valence-corrected chi connectivity index (χ2v) is 18.2. The zero-order valence-electron chi connectivity index (χ0n) is 35.6. The lowest BCUT2D eigenvalue weighted by Crippen LogP contribution is -2.69. The number of nitrogens with two attached hydrogens (primary N) is 3. The third-order valence-electron chi connectivity index (χ3n) is 11.5. The number of aliphatic hydroxyl groups is 6. The second kappa shape index (κ2) is 24.6. The van der Waals surface area contributed by atoms with E-state index < -0.39 is 194 Å². The Bertz CT molecular complexity index is 1780. The SMILES string of the molecule is CC1O[C@@H](O[C@@H]2C(COOO)O[C@@H](O[C@@H]3C(C)O[C@@H](O[C@@H]4C(COS(=O)(=O)O)O[C@H](C)C(N)[C@H]4O)C(OOO)[C@@H]3O)C(N)[C@H]2OOO)C(O)[C@@H](O)[C@@H]1O[C@H]1OC(COS(=O)(=O)O)[C@@H](O)[C@H](O)C1N. The van der Waals surface area contributed by atoms with Crippen molar-refractivity contribution in [2.75, 3.05) is 19.8 Å². The van der Waals surface area contributed by atoms with Crippen LogP contribution in [0.4, 0.5) is 0 Å². The smallest absolute Gasteiger partial charge is 0.389 e. The maximum atomic E-state index is 11.5. The van der Waals surface area contributed by atoms with Gasteiger partial charge in [0, 0.05) is 0 Å². The summed E-state index contributed by atoms with van der Waals surface area (Å²) >= 11 is 0. The van der Waals surface area contributed by atoms with E-state index in [1.54, 1.807) is 0 Å². The van der Waals surface area contributed by atoms with Crippen molar-refractivity contribution in [3.05, 3.63) is 0 Å². The lowest BCUT2D eigenvalue weighted by molar-refractivity contribution is -0.537. The molecule has 5 aliphatic heterocycles. The quantitative estimate of drug-likeness (QED) is 0.0288. The highest BCUT2D eigenvalue weighted by Gasteiger charge is 2.57. The molecule has 37 heteroatoms. The molecule has 5 saturated heterocycles. The second-order valence-electron chi connectivity index (χ2n) is 16.0. The van der Waals surface area contributed by atoms with Crippen molar-refractivity contribution in [2.24, 2.45) is 17.2 Å². The molecule has 0 aromatic rings. The van der Waals surface area contributed by atoms with Crippen molar-refractivity contribution in [3.63, 3.8) is 0 Å². The molecule has 5 heterocycles. The Morgan fingerprint density at radius 2 is 0.912 bits per heavy atom. The highest BCUT2D eigenvalue weighted by Crippen LogP contribution is 2.36. The van der Waals surface area contributed by atoms with Gasteiger partial charge in [0.2, 0.25) is 0 Å². The monoisotopic (exact) mass is 1050 g/mol. The van der Waals surface area contributed by atoms with E-state index in [2.05, 4.69) is 28.4 Å². The summed E-state index contributed by atoms with van der Waals surface area (Å²) in [6.07, 6.45) is -37.1. The molecule has 0 aromatic carbocycles. The van der Waals surface area contributed by atoms with Crippen LogP contribution in [0.2, 0.25) is 0 Å². The first-order valence-corrected chi connectivity index (χ1v) is 22.9. The maximum Gasteiger partial charge on any atom is 0.397 e. The van der Waals surface area contributed by atoms with Gasteiger partial charge in [-0.1, -0.05) is 15.1 Å². The fourth-order valence-electron chi connectivity index (χ4n) is 7.97. The van der Waals surface area contributed by atoms with Gasteiger partial charge in [-0.15, -0.1) is 0 Å². The molecule has 0 spiro atoms. The minimum Gasteiger partial charge on any atom is -0.389 e. The van der Waals surface area contributed by atoms with Crippen LogP contribution in [0, 0.1) is 0 Å². The number of ether oxygens (including phenoxy) is 9. The van der Waals surface area contributed by atoms with Gasteiger partial charge in [-0.25, -0.2) is 29.0 Å². The zero-order chi connectivity index (χ0) is 50.6. The molecule has 5 fully saturated rings. The molecule has 35 nitrogen and oxygen atoms in total. The molecule has 0 aliphatic carbocycles. The van der Waals surface area contributed by atoms with Crippen LogP contribution in [0.3, 0.4) is 0 Å². The summed E-state index contributed by atoms with van der Waals surface area (Å²) in [4.78, 5) is 14.4. The van der Waals surface area contributed by atoms with Gasteiger partial charge in [0.25, 0.3) is 0 Å². The van der Waals surface area contributed by atoms with Gasteiger partial charge in [-0.3, -0.25) is 9.11 Å². The Hall–Kier alpha value is -1.34. The van der Waals surface area contributed by atoms with E-state index in [-0.39, 0.29) is 0 Å². The van der Waals surface area contributed by atoms with Crippen LogP contribution in [0.5, 0.6) is 0 Å². The van der Waals surface area contributed by atoms with Crippen molar-refractivity contribution in [2.45, 2.75) is 174 Å². The average molecular weight is 1050 g/mol. The first-order chi connectivity index (χ1) is 31.8. The molecule has 5 rings (SSSR count). The average Bonchev–Trinajstić information content (AvgIpc) is 3.26. The fraction of sp³-hybridized carbons (Fsp3) is 1.00. The van der Waals surface area contributed by atoms with Gasteiger partial charge in [-0.2, -0.15) is 26.6 Å². The summed E-state index contributed by atoms with van der Waals surface area (Å²) < 4.78 is 124. The summed E-state index contributed by atoms with van der Waals surface area (Å²) in [5, 5.41) is 105. The van der Waals surface area contributed by atoms with Crippen LogP contribution in [-0.2, 0) is 102 Å². The minimum absolute atomic E-state index is 0.826. The Labute approximate surface area is 384 Å². The van der Waals surface area contributed by atoms with E-state index in [0.29, 0.717) is 0 Å². The van der Waals surface area contributed by atoms with Crippen molar-refractivity contribution >= 4 is 20.8 Å². The maximum absolute atomic E-state index is 11.5. The summed E-state index contributed by atoms with van der Waals surface area (Å²) in [5.74, 6) is 0. The number of hydrogen-bond donors (Lipinski definition) is 14. The summed E-state index contributed by atoms with van der Waals surface area (Å²) in [6.45, 7) is 1.31. The molecule has 25 atom stereocenters. The van der Waals surface area contributed by atoms with Crippen molar-refractivity contribution in [1.82, 2.24) is 0 Å². The van der Waals surface area contributed by atoms with Gasteiger partial charge in [-0.05, 0) is 20.8 Å². The summed E-state index contributed by atoms with van der Waals surface area (Å²) in [6, 6.07) is -4.38. The third-order valence-corrected chi connectivity index (χ3v) is 12.4. The fourth-order valence-corrected chi connectivity index (χ4v) is 8.58. The predicted molar refractivity (Wildman–Crippen MR) is 202 cm³/mol. The van der Waals surface area contributed by atoms with Crippen molar-refractivity contribution < 1.29 is 153 Å². The van der Waals surface area contributed by atoms with Crippen LogP contribution < -0.4 is 17.2 Å². The first kappa shape index (κ1) is 57.6. The van der Waals surface area contributed by atoms with Crippen LogP contribution in [0.25, 0.3) is 0 Å². The van der Waals surface area contributed by atoms with Crippen LogP contribution >= 0.6 is 0 Å². The molecule has 0 aromatic heterocycles.